The molecule has 2 aliphatic heterocycles. The molecule has 0 saturated carbocycles. The van der Waals surface area contributed by atoms with Gasteiger partial charge in [-0.1, -0.05) is 5.57 Å². The second kappa shape index (κ2) is 7.71. The molecule has 0 radical (unpaired) electrons. The number of likely N-dealkylation sites (tertiary alicyclic amines) is 1. The molecule has 2 bridgehead atoms. The summed E-state index contributed by atoms with van der Waals surface area (Å²) in [4.78, 5) is 28.7. The lowest BCUT2D eigenvalue weighted by Gasteiger charge is -2.59. The van der Waals surface area contributed by atoms with Gasteiger partial charge in [0.1, 0.15) is 18.0 Å². The van der Waals surface area contributed by atoms with Gasteiger partial charge in [0.15, 0.2) is 0 Å². The number of hydrogen-bond acceptors (Lipinski definition) is 8. The van der Waals surface area contributed by atoms with Gasteiger partial charge in [0.25, 0.3) is 0 Å². The van der Waals surface area contributed by atoms with E-state index >= 15 is 0 Å². The molecule has 2 fully saturated rings. The Hall–Kier alpha value is -2.16. The summed E-state index contributed by atoms with van der Waals surface area (Å²) in [6.07, 6.45) is 1.96. The van der Waals surface area contributed by atoms with Crippen LogP contribution in [0.5, 0.6) is 0 Å². The number of esters is 2. The maximum atomic E-state index is 13.3. The zero-order valence-corrected chi connectivity index (χ0v) is 19.1. The Labute approximate surface area is 187 Å². The molecule has 0 amide bonds. The molecule has 6 atom stereocenters. The number of aliphatic hydroxyl groups excluding tert-OH is 1. The van der Waals surface area contributed by atoms with Gasteiger partial charge >= 0.3 is 11.9 Å². The number of hydrogen-bond donors (Lipinski definition) is 1. The molecule has 0 aromatic rings. The molecule has 0 aromatic carbocycles. The van der Waals surface area contributed by atoms with E-state index in [1.54, 1.807) is 21.0 Å². The number of nitrogens with zero attached hydrogens (tertiary/aromatic N) is 1. The smallest absolute Gasteiger partial charge is 0.337 e. The van der Waals surface area contributed by atoms with Crippen molar-refractivity contribution in [2.75, 3.05) is 33.9 Å². The minimum Gasteiger partial charge on any atom is -0.498 e. The normalized spacial score (nSPS) is 37.7. The summed E-state index contributed by atoms with van der Waals surface area (Å²) in [5, 5.41) is 11.5. The van der Waals surface area contributed by atoms with E-state index in [4.69, 9.17) is 18.9 Å². The fourth-order valence-electron chi connectivity index (χ4n) is 6.88. The predicted octanol–water partition coefficient (Wildman–Crippen LogP) is 1.49. The zero-order chi connectivity index (χ0) is 22.8. The van der Waals surface area contributed by atoms with Gasteiger partial charge < -0.3 is 29.0 Å². The molecule has 174 valence electrons. The lowest BCUT2D eigenvalue weighted by Crippen LogP contribution is -2.65. The molecular formula is C24H31NO7. The van der Waals surface area contributed by atoms with Crippen LogP contribution in [0.15, 0.2) is 34.1 Å². The van der Waals surface area contributed by atoms with Gasteiger partial charge in [-0.2, -0.15) is 0 Å². The Kier molecular flexibility index (Phi) is 5.22. The molecule has 2 heterocycles. The van der Waals surface area contributed by atoms with Crippen LogP contribution in [0.25, 0.3) is 0 Å². The SMILES string of the molecule is CCOC(=O)C1=C(C(=O)OCC)[C@H]2[C@H]3CC4=C5C(O[C@@H]([C@H]1O)[C@]52CCN3C)C(OC)=CC4. The summed E-state index contributed by atoms with van der Waals surface area (Å²) >= 11 is 0. The number of aliphatic hydroxyl groups is 1. The summed E-state index contributed by atoms with van der Waals surface area (Å²) in [7, 11) is 3.68. The van der Waals surface area contributed by atoms with Crippen LogP contribution in [0.2, 0.25) is 0 Å². The molecule has 32 heavy (non-hydrogen) atoms. The summed E-state index contributed by atoms with van der Waals surface area (Å²) < 4.78 is 22.9. The summed E-state index contributed by atoms with van der Waals surface area (Å²) in [6, 6.07) is 0.00109. The van der Waals surface area contributed by atoms with Gasteiger partial charge in [-0.25, -0.2) is 9.59 Å². The van der Waals surface area contributed by atoms with Gasteiger partial charge in [0, 0.05) is 17.4 Å². The third-order valence-corrected chi connectivity index (χ3v) is 7.99. The Morgan fingerprint density at radius 3 is 2.56 bits per heavy atom. The van der Waals surface area contributed by atoms with Gasteiger partial charge in [0.2, 0.25) is 0 Å². The average Bonchev–Trinajstić information content (AvgIpc) is 3.12. The van der Waals surface area contributed by atoms with Crippen LogP contribution in [0.4, 0.5) is 0 Å². The van der Waals surface area contributed by atoms with E-state index < -0.39 is 35.7 Å². The number of piperidine rings is 1. The molecule has 2 saturated heterocycles. The van der Waals surface area contributed by atoms with Crippen LogP contribution in [0.3, 0.4) is 0 Å². The van der Waals surface area contributed by atoms with E-state index in [0.717, 1.165) is 37.1 Å². The van der Waals surface area contributed by atoms with Crippen molar-refractivity contribution in [3.05, 3.63) is 34.1 Å². The Balaban J connectivity index is 1.76. The van der Waals surface area contributed by atoms with Gasteiger partial charge in [-0.15, -0.1) is 0 Å². The fraction of sp³-hybridized carbons (Fsp3) is 0.667. The topological polar surface area (TPSA) is 94.5 Å². The molecule has 5 rings (SSSR count). The minimum absolute atomic E-state index is 0.00109. The van der Waals surface area contributed by atoms with E-state index in [2.05, 4.69) is 11.9 Å². The second-order valence-corrected chi connectivity index (χ2v) is 9.20. The minimum atomic E-state index is -1.29. The number of rotatable bonds is 5. The first kappa shape index (κ1) is 21.7. The molecular weight excluding hydrogens is 414 g/mol. The highest BCUT2D eigenvalue weighted by Gasteiger charge is 2.70. The standard InChI is InChI=1S/C24H31NO7/c1-5-30-22(27)15-16(23(28)31-6-2)19(26)21-24-9-10-25(3)13(18(15)24)11-12-7-8-14(29-4)20(32-21)17(12)24/h8,13,18-21,26H,5-7,9-11H2,1-4H3/t13-,18-,19+,20?,21+,24-/m1/s1. The van der Waals surface area contributed by atoms with Crippen LogP contribution >= 0.6 is 0 Å². The van der Waals surface area contributed by atoms with Gasteiger partial charge in [-0.3, -0.25) is 0 Å². The fourth-order valence-corrected chi connectivity index (χ4v) is 6.88. The second-order valence-electron chi connectivity index (χ2n) is 9.20. The number of ether oxygens (including phenoxy) is 4. The molecule has 8 heteroatoms. The highest BCUT2D eigenvalue weighted by atomic mass is 16.6. The Bertz CT molecular complexity index is 950. The van der Waals surface area contributed by atoms with Crippen molar-refractivity contribution >= 4 is 11.9 Å². The van der Waals surface area contributed by atoms with Crippen molar-refractivity contribution in [2.45, 2.75) is 57.5 Å². The third kappa shape index (κ3) is 2.66. The quantitative estimate of drug-likeness (QED) is 0.503. The summed E-state index contributed by atoms with van der Waals surface area (Å²) in [5.41, 5.74) is 2.10. The first-order valence-corrected chi connectivity index (χ1v) is 11.5. The highest BCUT2D eigenvalue weighted by Crippen LogP contribution is 2.67. The van der Waals surface area contributed by atoms with E-state index in [1.165, 1.54) is 5.57 Å². The first-order valence-electron chi connectivity index (χ1n) is 11.5. The van der Waals surface area contributed by atoms with Crippen LogP contribution in [0, 0.1) is 11.3 Å². The van der Waals surface area contributed by atoms with Crippen molar-refractivity contribution < 1.29 is 33.6 Å². The number of carbonyl (C=O) groups is 2. The lowest BCUT2D eigenvalue weighted by molar-refractivity contribution is -0.153. The largest absolute Gasteiger partial charge is 0.498 e. The maximum absolute atomic E-state index is 13.3. The third-order valence-electron chi connectivity index (χ3n) is 7.99. The van der Waals surface area contributed by atoms with Crippen molar-refractivity contribution in [2.24, 2.45) is 11.3 Å². The van der Waals surface area contributed by atoms with Crippen molar-refractivity contribution in [3.8, 4) is 0 Å². The monoisotopic (exact) mass is 445 g/mol. The van der Waals surface area contributed by atoms with Crippen molar-refractivity contribution in [1.82, 2.24) is 4.90 Å². The molecule has 5 aliphatic rings. The number of methoxy groups -OCH3 is 1. The van der Waals surface area contributed by atoms with Gasteiger partial charge in [0.05, 0.1) is 37.6 Å². The molecule has 1 unspecified atom stereocenters. The zero-order valence-electron chi connectivity index (χ0n) is 19.1. The Morgan fingerprint density at radius 2 is 1.91 bits per heavy atom. The predicted molar refractivity (Wildman–Crippen MR) is 113 cm³/mol. The molecule has 8 nitrogen and oxygen atoms in total. The Morgan fingerprint density at radius 1 is 1.22 bits per heavy atom. The lowest BCUT2D eigenvalue weighted by atomic mass is 9.49. The van der Waals surface area contributed by atoms with Crippen molar-refractivity contribution in [1.29, 1.82) is 0 Å². The van der Waals surface area contributed by atoms with E-state index in [9.17, 15) is 14.7 Å². The highest BCUT2D eigenvalue weighted by molar-refractivity contribution is 6.02. The summed E-state index contributed by atoms with van der Waals surface area (Å²) in [6.45, 7) is 4.58. The van der Waals surface area contributed by atoms with Crippen LogP contribution in [0.1, 0.15) is 33.1 Å². The molecule has 1 spiro atoms. The van der Waals surface area contributed by atoms with Crippen LogP contribution in [-0.4, -0.2) is 80.2 Å². The molecule has 0 aromatic heterocycles. The van der Waals surface area contributed by atoms with E-state index in [1.807, 2.05) is 6.08 Å². The maximum Gasteiger partial charge on any atom is 0.337 e. The average molecular weight is 446 g/mol. The first-order chi connectivity index (χ1) is 15.4. The summed E-state index contributed by atoms with van der Waals surface area (Å²) in [5.74, 6) is -0.831. The van der Waals surface area contributed by atoms with Crippen LogP contribution < -0.4 is 0 Å². The number of allylic oxidation sites excluding steroid dienone is 1. The molecule has 1 N–H and O–H groups in total. The molecule has 3 aliphatic carbocycles. The van der Waals surface area contributed by atoms with E-state index in [-0.39, 0.29) is 36.3 Å². The number of carbonyl (C=O) groups excluding carboxylic acids is 2. The van der Waals surface area contributed by atoms with E-state index in [0.29, 0.717) is 0 Å². The van der Waals surface area contributed by atoms with Crippen molar-refractivity contribution in [3.63, 3.8) is 0 Å². The van der Waals surface area contributed by atoms with Crippen LogP contribution in [-0.2, 0) is 28.5 Å². The van der Waals surface area contributed by atoms with Gasteiger partial charge in [-0.05, 0) is 58.4 Å².